The highest BCUT2D eigenvalue weighted by molar-refractivity contribution is 7.86. The number of pyridine rings is 1. The lowest BCUT2D eigenvalue weighted by Gasteiger charge is -2.40. The summed E-state index contributed by atoms with van der Waals surface area (Å²) in [6.45, 7) is 7.40. The van der Waals surface area contributed by atoms with Crippen molar-refractivity contribution in [2.75, 3.05) is 39.3 Å². The minimum Gasteiger partial charge on any atom is -0.373 e. The van der Waals surface area contributed by atoms with Crippen molar-refractivity contribution in [3.63, 3.8) is 0 Å². The van der Waals surface area contributed by atoms with E-state index in [1.165, 1.54) is 0 Å². The van der Waals surface area contributed by atoms with Crippen molar-refractivity contribution in [2.45, 2.75) is 32.7 Å². The number of fused-ring (bicyclic) bond motifs is 1. The molecular weight excluding hydrogens is 400 g/mol. The Kier molecular flexibility index (Phi) is 5.55. The molecule has 0 aliphatic carbocycles. The van der Waals surface area contributed by atoms with Gasteiger partial charge in [0.25, 0.3) is 10.2 Å². The van der Waals surface area contributed by atoms with E-state index in [1.54, 1.807) is 13.3 Å². The highest BCUT2D eigenvalue weighted by Gasteiger charge is 2.36. The molecule has 0 saturated carbocycles. The van der Waals surface area contributed by atoms with Crippen molar-refractivity contribution in [2.24, 2.45) is 0 Å². The van der Waals surface area contributed by atoms with Crippen LogP contribution in [0.3, 0.4) is 0 Å². The third kappa shape index (κ3) is 3.87. The molecule has 0 N–H and O–H groups in total. The van der Waals surface area contributed by atoms with Crippen LogP contribution in [0, 0.1) is 4.77 Å². The van der Waals surface area contributed by atoms with Gasteiger partial charge in [0.1, 0.15) is 0 Å². The molecule has 2 aliphatic rings. The van der Waals surface area contributed by atoms with Crippen molar-refractivity contribution in [1.82, 2.24) is 27.7 Å². The van der Waals surface area contributed by atoms with Gasteiger partial charge in [-0.1, -0.05) is 6.07 Å². The molecule has 2 atom stereocenters. The number of piperazine rings is 1. The fraction of sp³-hybridized carbons (Fsp3) is 0.647. The van der Waals surface area contributed by atoms with E-state index in [1.807, 2.05) is 42.6 Å². The van der Waals surface area contributed by atoms with Crippen LogP contribution in [-0.2, 0) is 21.6 Å². The third-order valence-electron chi connectivity index (χ3n) is 5.19. The van der Waals surface area contributed by atoms with Gasteiger partial charge in [-0.05, 0) is 38.2 Å². The first-order valence-corrected chi connectivity index (χ1v) is 11.3. The monoisotopic (exact) mass is 426 g/mol. The van der Waals surface area contributed by atoms with Crippen LogP contribution in [0.15, 0.2) is 24.4 Å². The Morgan fingerprint density at radius 2 is 1.79 bits per heavy atom. The zero-order valence-electron chi connectivity index (χ0n) is 16.1. The van der Waals surface area contributed by atoms with Crippen LogP contribution < -0.4 is 0 Å². The Morgan fingerprint density at radius 1 is 1.11 bits per heavy atom. The largest absolute Gasteiger partial charge is 0.373 e. The number of nitrogens with zero attached hydrogens (tertiary/aromatic N) is 6. The maximum atomic E-state index is 13.0. The molecule has 0 unspecified atom stereocenters. The molecule has 0 amide bonds. The molecule has 2 aromatic heterocycles. The van der Waals surface area contributed by atoms with Crippen LogP contribution in [-0.4, -0.2) is 87.6 Å². The molecule has 11 heteroatoms. The highest BCUT2D eigenvalue weighted by atomic mass is 32.2. The molecule has 2 fully saturated rings. The SMILES string of the molecule is C[C@@H]1CN(S(=O)(=O)N2CCN(Cn3nc4ccccn4c3=S)CC2)C[C@H](C)O1. The van der Waals surface area contributed by atoms with Gasteiger partial charge in [0.05, 0.1) is 18.9 Å². The molecular formula is C17H26N6O3S2. The quantitative estimate of drug-likeness (QED) is 0.673. The van der Waals surface area contributed by atoms with E-state index in [2.05, 4.69) is 10.00 Å². The Bertz CT molecular complexity index is 986. The van der Waals surface area contributed by atoms with E-state index in [4.69, 9.17) is 17.0 Å². The van der Waals surface area contributed by atoms with Crippen molar-refractivity contribution in [1.29, 1.82) is 0 Å². The summed E-state index contributed by atoms with van der Waals surface area (Å²) in [6, 6.07) is 5.77. The average molecular weight is 427 g/mol. The summed E-state index contributed by atoms with van der Waals surface area (Å²) in [4.78, 5) is 2.18. The van der Waals surface area contributed by atoms with Crippen molar-refractivity contribution < 1.29 is 13.2 Å². The van der Waals surface area contributed by atoms with E-state index in [-0.39, 0.29) is 12.2 Å². The van der Waals surface area contributed by atoms with Gasteiger partial charge in [-0.2, -0.15) is 22.1 Å². The number of aromatic nitrogens is 3. The smallest absolute Gasteiger partial charge is 0.282 e. The van der Waals surface area contributed by atoms with Gasteiger partial charge in [0, 0.05) is 45.5 Å². The molecule has 0 aromatic carbocycles. The number of hydrogen-bond acceptors (Lipinski definition) is 6. The van der Waals surface area contributed by atoms with E-state index in [9.17, 15) is 8.42 Å². The first-order valence-electron chi connectivity index (χ1n) is 9.52. The molecule has 0 bridgehead atoms. The molecule has 2 saturated heterocycles. The molecule has 2 aromatic rings. The number of morpholine rings is 1. The predicted molar refractivity (Wildman–Crippen MR) is 108 cm³/mol. The first kappa shape index (κ1) is 19.9. The topological polar surface area (TPSA) is 75.3 Å². The van der Waals surface area contributed by atoms with Gasteiger partial charge in [-0.15, -0.1) is 0 Å². The second kappa shape index (κ2) is 7.81. The minimum absolute atomic E-state index is 0.0864. The van der Waals surface area contributed by atoms with Gasteiger partial charge in [0.2, 0.25) is 4.77 Å². The van der Waals surface area contributed by atoms with Crippen molar-refractivity contribution in [3.8, 4) is 0 Å². The maximum absolute atomic E-state index is 13.0. The van der Waals surface area contributed by atoms with Gasteiger partial charge in [-0.25, -0.2) is 4.68 Å². The van der Waals surface area contributed by atoms with Crippen LogP contribution in [0.25, 0.3) is 5.65 Å². The zero-order chi connectivity index (χ0) is 19.9. The minimum atomic E-state index is -3.46. The van der Waals surface area contributed by atoms with Crippen LogP contribution in [0.2, 0.25) is 0 Å². The van der Waals surface area contributed by atoms with E-state index in [0.29, 0.717) is 50.7 Å². The van der Waals surface area contributed by atoms with Crippen molar-refractivity contribution in [3.05, 3.63) is 29.2 Å². The Hall–Kier alpha value is -1.37. The number of hydrogen-bond donors (Lipinski definition) is 0. The number of ether oxygens (including phenoxy) is 1. The summed E-state index contributed by atoms with van der Waals surface area (Å²) in [5.74, 6) is 0. The Labute approximate surface area is 170 Å². The lowest BCUT2D eigenvalue weighted by atomic mass is 10.3. The molecule has 28 heavy (non-hydrogen) atoms. The fourth-order valence-electron chi connectivity index (χ4n) is 3.83. The summed E-state index contributed by atoms with van der Waals surface area (Å²) >= 11 is 5.50. The lowest BCUT2D eigenvalue weighted by molar-refractivity contribution is -0.0458. The number of rotatable bonds is 4. The normalized spacial score (nSPS) is 26.1. The molecule has 154 valence electrons. The summed E-state index contributed by atoms with van der Waals surface area (Å²) in [6.07, 6.45) is 1.73. The second-order valence-electron chi connectivity index (χ2n) is 7.45. The maximum Gasteiger partial charge on any atom is 0.282 e. The van der Waals surface area contributed by atoms with E-state index in [0.717, 1.165) is 5.65 Å². The Morgan fingerprint density at radius 3 is 2.43 bits per heavy atom. The first-order chi connectivity index (χ1) is 13.3. The van der Waals surface area contributed by atoms with E-state index < -0.39 is 10.2 Å². The predicted octanol–water partition coefficient (Wildman–Crippen LogP) is 0.794. The van der Waals surface area contributed by atoms with Crippen LogP contribution in [0.1, 0.15) is 13.8 Å². The van der Waals surface area contributed by atoms with Gasteiger partial charge in [0.15, 0.2) is 5.65 Å². The summed E-state index contributed by atoms with van der Waals surface area (Å²) in [5.41, 5.74) is 0.810. The molecule has 2 aliphatic heterocycles. The lowest BCUT2D eigenvalue weighted by Crippen LogP contribution is -2.57. The summed E-state index contributed by atoms with van der Waals surface area (Å²) in [5, 5.41) is 4.54. The van der Waals surface area contributed by atoms with Crippen LogP contribution in [0.5, 0.6) is 0 Å². The van der Waals surface area contributed by atoms with Crippen LogP contribution >= 0.6 is 12.2 Å². The standard InChI is InChI=1S/C17H26N6O3S2/c1-14-11-21(12-15(2)26-14)28(24,25)20-9-7-19(8-10-20)13-23-17(27)22-6-4-3-5-16(22)18-23/h3-6,14-15H,7-13H2,1-2H3/t14-,15+. The highest BCUT2D eigenvalue weighted by Crippen LogP contribution is 2.19. The fourth-order valence-corrected chi connectivity index (χ4v) is 5.83. The second-order valence-corrected chi connectivity index (χ2v) is 9.75. The molecule has 9 nitrogen and oxygen atoms in total. The Balaban J connectivity index is 1.40. The molecule has 0 radical (unpaired) electrons. The van der Waals surface area contributed by atoms with Crippen LogP contribution in [0.4, 0.5) is 0 Å². The van der Waals surface area contributed by atoms with E-state index >= 15 is 0 Å². The molecule has 0 spiro atoms. The third-order valence-corrected chi connectivity index (χ3v) is 7.57. The molecule has 4 rings (SSSR count). The molecule has 4 heterocycles. The summed E-state index contributed by atoms with van der Waals surface area (Å²) in [7, 11) is -3.46. The van der Waals surface area contributed by atoms with Gasteiger partial charge >= 0.3 is 0 Å². The van der Waals surface area contributed by atoms with Crippen molar-refractivity contribution >= 4 is 28.1 Å². The average Bonchev–Trinajstić information content (AvgIpc) is 2.97. The summed E-state index contributed by atoms with van der Waals surface area (Å²) < 4.78 is 39.1. The van der Waals surface area contributed by atoms with Gasteiger partial charge in [-0.3, -0.25) is 9.30 Å². The van der Waals surface area contributed by atoms with Gasteiger partial charge < -0.3 is 4.74 Å². The zero-order valence-corrected chi connectivity index (χ0v) is 17.8.